The van der Waals surface area contributed by atoms with Crippen molar-refractivity contribution in [3.05, 3.63) is 27.7 Å². The van der Waals surface area contributed by atoms with Gasteiger partial charge in [0, 0.05) is 11.1 Å². The van der Waals surface area contributed by atoms with E-state index in [-0.39, 0.29) is 33.2 Å². The second-order valence-corrected chi connectivity index (χ2v) is 6.46. The average molecular weight is 312 g/mol. The molecule has 0 saturated heterocycles. The Morgan fingerprint density at radius 1 is 1.39 bits per heavy atom. The Hall–Kier alpha value is -0.330. The number of hydrogen-bond donors (Lipinski definition) is 2. The first-order valence-electron chi connectivity index (χ1n) is 5.43. The fraction of sp³-hybridized carbons (Fsp3) is 0.455. The Bertz CT molecular complexity index is 531. The number of aliphatic hydroxyl groups is 1. The van der Waals surface area contributed by atoms with E-state index in [0.29, 0.717) is 6.42 Å². The fourth-order valence-corrected chi connectivity index (χ4v) is 3.59. The summed E-state index contributed by atoms with van der Waals surface area (Å²) in [5.41, 5.74) is 0.286. The van der Waals surface area contributed by atoms with Gasteiger partial charge in [0.15, 0.2) is 0 Å². The second kappa shape index (κ2) is 6.21. The number of aliphatic hydroxyl groups excluding tert-OH is 1. The minimum atomic E-state index is -3.73. The first-order chi connectivity index (χ1) is 8.31. The van der Waals surface area contributed by atoms with Gasteiger partial charge in [0.2, 0.25) is 10.0 Å². The third-order valence-corrected chi connectivity index (χ3v) is 4.90. The van der Waals surface area contributed by atoms with Crippen LogP contribution in [0.2, 0.25) is 10.0 Å². The minimum Gasteiger partial charge on any atom is -0.392 e. The summed E-state index contributed by atoms with van der Waals surface area (Å²) in [7, 11) is -3.73. The van der Waals surface area contributed by atoms with Gasteiger partial charge in [0.25, 0.3) is 0 Å². The lowest BCUT2D eigenvalue weighted by molar-refractivity contribution is 0.281. The summed E-state index contributed by atoms with van der Waals surface area (Å²) in [6.45, 7) is 3.25. The molecule has 1 aromatic carbocycles. The molecular weight excluding hydrogens is 297 g/mol. The van der Waals surface area contributed by atoms with Crippen LogP contribution < -0.4 is 4.72 Å². The number of hydrogen-bond acceptors (Lipinski definition) is 3. The predicted molar refractivity (Wildman–Crippen MR) is 72.5 cm³/mol. The summed E-state index contributed by atoms with van der Waals surface area (Å²) >= 11 is 11.8. The molecule has 1 atom stereocenters. The Morgan fingerprint density at radius 3 is 2.50 bits per heavy atom. The van der Waals surface area contributed by atoms with Crippen LogP contribution in [0.15, 0.2) is 17.0 Å². The fourth-order valence-electron chi connectivity index (χ4n) is 1.34. The third-order valence-electron chi connectivity index (χ3n) is 2.51. The van der Waals surface area contributed by atoms with Gasteiger partial charge in [-0.1, -0.05) is 30.1 Å². The van der Waals surface area contributed by atoms with Crippen molar-refractivity contribution in [1.29, 1.82) is 0 Å². The zero-order valence-corrected chi connectivity index (χ0v) is 12.4. The highest BCUT2D eigenvalue weighted by Gasteiger charge is 2.22. The highest BCUT2D eigenvalue weighted by Crippen LogP contribution is 2.29. The van der Waals surface area contributed by atoms with Crippen LogP contribution in [0.4, 0.5) is 0 Å². The monoisotopic (exact) mass is 311 g/mol. The van der Waals surface area contributed by atoms with E-state index in [9.17, 15) is 8.42 Å². The maximum atomic E-state index is 12.1. The van der Waals surface area contributed by atoms with Crippen LogP contribution >= 0.6 is 23.2 Å². The topological polar surface area (TPSA) is 66.4 Å². The van der Waals surface area contributed by atoms with Crippen molar-refractivity contribution in [2.75, 3.05) is 0 Å². The molecule has 2 N–H and O–H groups in total. The Morgan fingerprint density at radius 2 is 2.00 bits per heavy atom. The number of sulfonamides is 1. The molecule has 0 heterocycles. The van der Waals surface area contributed by atoms with Crippen LogP contribution in [0.25, 0.3) is 0 Å². The van der Waals surface area contributed by atoms with Gasteiger partial charge in [-0.15, -0.1) is 0 Å². The Labute approximate surface area is 117 Å². The largest absolute Gasteiger partial charge is 0.392 e. The molecule has 0 amide bonds. The normalized spacial score (nSPS) is 13.6. The minimum absolute atomic E-state index is 0.00213. The van der Waals surface area contributed by atoms with E-state index < -0.39 is 10.0 Å². The predicted octanol–water partition coefficient (Wildman–Crippen LogP) is 2.56. The molecule has 0 bridgehead atoms. The summed E-state index contributed by atoms with van der Waals surface area (Å²) in [6.07, 6.45) is 0.657. The van der Waals surface area contributed by atoms with Crippen molar-refractivity contribution < 1.29 is 13.5 Å². The Balaban J connectivity index is 3.28. The van der Waals surface area contributed by atoms with E-state index in [1.807, 2.05) is 6.92 Å². The maximum absolute atomic E-state index is 12.1. The van der Waals surface area contributed by atoms with E-state index in [1.54, 1.807) is 6.92 Å². The van der Waals surface area contributed by atoms with Crippen molar-refractivity contribution >= 4 is 33.2 Å². The number of benzene rings is 1. The van der Waals surface area contributed by atoms with Crippen molar-refractivity contribution in [2.24, 2.45) is 0 Å². The molecule has 18 heavy (non-hydrogen) atoms. The van der Waals surface area contributed by atoms with Gasteiger partial charge in [0.1, 0.15) is 4.90 Å². The molecule has 0 fully saturated rings. The van der Waals surface area contributed by atoms with E-state index in [2.05, 4.69) is 4.72 Å². The Kier molecular flexibility index (Phi) is 5.43. The maximum Gasteiger partial charge on any atom is 0.242 e. The summed E-state index contributed by atoms with van der Waals surface area (Å²) in [4.78, 5) is -0.110. The molecule has 1 unspecified atom stereocenters. The lowest BCUT2D eigenvalue weighted by Gasteiger charge is -2.14. The van der Waals surface area contributed by atoms with Crippen LogP contribution in [0, 0.1) is 0 Å². The molecule has 102 valence electrons. The molecule has 0 aliphatic carbocycles. The molecule has 0 radical (unpaired) electrons. The standard InChI is InChI=1S/C11H15Cl2NO3S/c1-3-7(2)14-18(16,17)10-5-9(12)4-8(6-15)11(10)13/h4-5,7,14-15H,3,6H2,1-2H3. The van der Waals surface area contributed by atoms with Crippen molar-refractivity contribution in [1.82, 2.24) is 4.72 Å². The molecule has 0 aliphatic heterocycles. The SMILES string of the molecule is CCC(C)NS(=O)(=O)c1cc(Cl)cc(CO)c1Cl. The molecule has 0 saturated carbocycles. The first-order valence-corrected chi connectivity index (χ1v) is 7.66. The molecule has 0 aromatic heterocycles. The number of rotatable bonds is 5. The van der Waals surface area contributed by atoms with Crippen LogP contribution in [0.3, 0.4) is 0 Å². The van der Waals surface area contributed by atoms with Crippen LogP contribution in [-0.4, -0.2) is 19.6 Å². The molecule has 1 aromatic rings. The highest BCUT2D eigenvalue weighted by atomic mass is 35.5. The zero-order chi connectivity index (χ0) is 13.9. The van der Waals surface area contributed by atoms with Gasteiger partial charge < -0.3 is 5.11 Å². The highest BCUT2D eigenvalue weighted by molar-refractivity contribution is 7.89. The van der Waals surface area contributed by atoms with Crippen molar-refractivity contribution in [2.45, 2.75) is 37.8 Å². The van der Waals surface area contributed by atoms with Crippen molar-refractivity contribution in [3.8, 4) is 0 Å². The summed E-state index contributed by atoms with van der Waals surface area (Å²) in [5.74, 6) is 0. The smallest absolute Gasteiger partial charge is 0.242 e. The summed E-state index contributed by atoms with van der Waals surface area (Å²) in [6, 6.07) is 2.50. The third kappa shape index (κ3) is 3.59. The quantitative estimate of drug-likeness (QED) is 0.878. The number of halogens is 2. The average Bonchev–Trinajstić information content (AvgIpc) is 2.30. The molecule has 1 rings (SSSR count). The lowest BCUT2D eigenvalue weighted by atomic mass is 10.2. The van der Waals surface area contributed by atoms with E-state index in [0.717, 1.165) is 0 Å². The van der Waals surface area contributed by atoms with Gasteiger partial charge in [-0.25, -0.2) is 13.1 Å². The molecular formula is C11H15Cl2NO3S. The van der Waals surface area contributed by atoms with E-state index >= 15 is 0 Å². The van der Waals surface area contributed by atoms with Gasteiger partial charge >= 0.3 is 0 Å². The first kappa shape index (κ1) is 15.7. The van der Waals surface area contributed by atoms with Gasteiger partial charge in [-0.05, 0) is 31.0 Å². The lowest BCUT2D eigenvalue weighted by Crippen LogP contribution is -2.32. The van der Waals surface area contributed by atoms with Gasteiger partial charge in [0.05, 0.1) is 11.6 Å². The molecule has 7 heteroatoms. The van der Waals surface area contributed by atoms with Crippen LogP contribution in [0.5, 0.6) is 0 Å². The molecule has 0 spiro atoms. The molecule has 4 nitrogen and oxygen atoms in total. The van der Waals surface area contributed by atoms with Gasteiger partial charge in [-0.3, -0.25) is 0 Å². The molecule has 0 aliphatic rings. The number of nitrogens with one attached hydrogen (secondary N) is 1. The second-order valence-electron chi connectivity index (χ2n) is 3.97. The summed E-state index contributed by atoms with van der Waals surface area (Å²) in [5, 5.41) is 9.32. The van der Waals surface area contributed by atoms with E-state index in [4.69, 9.17) is 28.3 Å². The van der Waals surface area contributed by atoms with Crippen LogP contribution in [0.1, 0.15) is 25.8 Å². The van der Waals surface area contributed by atoms with Crippen molar-refractivity contribution in [3.63, 3.8) is 0 Å². The van der Waals surface area contributed by atoms with E-state index in [1.165, 1.54) is 12.1 Å². The zero-order valence-electron chi connectivity index (χ0n) is 10.1. The van der Waals surface area contributed by atoms with Crippen LogP contribution in [-0.2, 0) is 16.6 Å². The van der Waals surface area contributed by atoms with Gasteiger partial charge in [-0.2, -0.15) is 0 Å². The summed E-state index contributed by atoms with van der Waals surface area (Å²) < 4.78 is 26.7.